The molecule has 5 heterocycles. The Hall–Kier alpha value is -4.41. The van der Waals surface area contributed by atoms with E-state index in [-0.39, 0.29) is 49.4 Å². The molecule has 5 aliphatic heterocycles. The van der Waals surface area contributed by atoms with Crippen LogP contribution in [0.25, 0.3) is 6.08 Å². The summed E-state index contributed by atoms with van der Waals surface area (Å²) in [5.41, 5.74) is -5.43. The van der Waals surface area contributed by atoms with Crippen LogP contribution in [0, 0.1) is 50.2 Å². The summed E-state index contributed by atoms with van der Waals surface area (Å²) < 4.78 is 84.9. The minimum atomic E-state index is -2.11. The second-order valence-electron chi connectivity index (χ2n) is 31.6. The van der Waals surface area contributed by atoms with Gasteiger partial charge in [0.2, 0.25) is 12.0 Å². The second kappa shape index (κ2) is 30.2. The highest BCUT2D eigenvalue weighted by Gasteiger charge is 2.74. The Balaban J connectivity index is 0.946. The van der Waals surface area contributed by atoms with Crippen molar-refractivity contribution in [2.24, 2.45) is 50.2 Å². The maximum absolute atomic E-state index is 16.3. The molecule has 0 spiro atoms. The molecule has 5 saturated heterocycles. The van der Waals surface area contributed by atoms with Crippen LogP contribution in [-0.4, -0.2) is 295 Å². The normalized spacial score (nSPS) is 48.2. The number of fused-ring (bicyclic) bond motifs is 7. The molecule has 582 valence electrons. The first kappa shape index (κ1) is 79.6. The second-order valence-corrected chi connectivity index (χ2v) is 31.6. The summed E-state index contributed by atoms with van der Waals surface area (Å²) in [4.78, 5) is 44.7. The van der Waals surface area contributed by atoms with Crippen LogP contribution in [-0.2, 0) is 66.5 Å². The number of aliphatic carboxylic acids is 1. The third kappa shape index (κ3) is 13.8. The number of carbonyl (C=O) groups excluding carboxylic acids is 2. The molecule has 10 aliphatic rings. The quantitative estimate of drug-likeness (QED) is 0.0335. The first-order valence-corrected chi connectivity index (χ1v) is 35.5. The van der Waals surface area contributed by atoms with E-state index in [1.165, 1.54) is 55.1 Å². The van der Waals surface area contributed by atoms with Gasteiger partial charge in [-0.25, -0.2) is 4.79 Å². The van der Waals surface area contributed by atoms with Crippen molar-refractivity contribution in [2.75, 3.05) is 41.2 Å². The maximum Gasteiger partial charge on any atom is 0.331 e. The van der Waals surface area contributed by atoms with Crippen LogP contribution < -0.4 is 14.2 Å². The van der Waals surface area contributed by atoms with Gasteiger partial charge in [-0.1, -0.05) is 39.3 Å². The van der Waals surface area contributed by atoms with Gasteiger partial charge in [0.25, 0.3) is 0 Å². The van der Waals surface area contributed by atoms with E-state index in [1.807, 2.05) is 13.0 Å². The lowest BCUT2D eigenvalue weighted by Gasteiger charge is -2.71. The Morgan fingerprint density at radius 3 is 1.76 bits per heavy atom. The van der Waals surface area contributed by atoms with Crippen LogP contribution in [0.4, 0.5) is 0 Å². The van der Waals surface area contributed by atoms with Crippen LogP contribution in [0.2, 0.25) is 0 Å². The number of carboxylic acids is 1. The van der Waals surface area contributed by atoms with Gasteiger partial charge in [-0.15, -0.1) is 0 Å². The predicted molar refractivity (Wildman–Crippen MR) is 349 cm³/mol. The van der Waals surface area contributed by atoms with Crippen molar-refractivity contribution in [3.63, 3.8) is 0 Å². The van der Waals surface area contributed by atoms with Gasteiger partial charge in [0.05, 0.1) is 76.4 Å². The van der Waals surface area contributed by atoms with Gasteiger partial charge in [0.1, 0.15) is 91.6 Å². The van der Waals surface area contributed by atoms with Crippen LogP contribution in [0.1, 0.15) is 119 Å². The summed E-state index contributed by atoms with van der Waals surface area (Å²) in [5, 5.41) is 168. The van der Waals surface area contributed by atoms with Crippen molar-refractivity contribution in [2.45, 2.75) is 273 Å². The van der Waals surface area contributed by atoms with Crippen molar-refractivity contribution in [3.05, 3.63) is 35.4 Å². The first-order valence-electron chi connectivity index (χ1n) is 35.5. The zero-order valence-electron chi connectivity index (χ0n) is 59.8. The fourth-order valence-electron chi connectivity index (χ4n) is 19.5. The lowest BCUT2D eigenvalue weighted by molar-refractivity contribution is -0.390. The van der Waals surface area contributed by atoms with Crippen LogP contribution >= 0.6 is 0 Å². The van der Waals surface area contributed by atoms with Gasteiger partial charge in [0, 0.05) is 11.5 Å². The lowest BCUT2D eigenvalue weighted by Crippen LogP contribution is -2.71. The summed E-state index contributed by atoms with van der Waals surface area (Å²) in [6, 6.07) is 3.11. The Morgan fingerprint density at radius 2 is 1.14 bits per heavy atom. The number of ether oxygens (including phenoxy) is 14. The van der Waals surface area contributed by atoms with E-state index in [0.29, 0.717) is 31.2 Å². The average Bonchev–Trinajstić information content (AvgIpc) is 0.669. The summed E-state index contributed by atoms with van der Waals surface area (Å²) in [6.07, 6.45) is -37.8. The molecule has 15 N–H and O–H groups in total. The Kier molecular flexibility index (Phi) is 23.4. The van der Waals surface area contributed by atoms with Gasteiger partial charge < -0.3 is 143 Å². The predicted octanol–water partition coefficient (Wildman–Crippen LogP) is -1.19. The van der Waals surface area contributed by atoms with Crippen LogP contribution in [0.5, 0.6) is 17.2 Å². The highest BCUT2D eigenvalue weighted by Crippen LogP contribution is 2.76. The molecule has 5 aliphatic carbocycles. The van der Waals surface area contributed by atoms with Gasteiger partial charge >= 0.3 is 17.9 Å². The molecule has 32 nitrogen and oxygen atoms in total. The summed E-state index contributed by atoms with van der Waals surface area (Å²) in [6.45, 7) is 12.3. The van der Waals surface area contributed by atoms with Crippen LogP contribution in [0.3, 0.4) is 0 Å². The third-order valence-electron chi connectivity index (χ3n) is 25.4. The van der Waals surface area contributed by atoms with Crippen molar-refractivity contribution in [1.29, 1.82) is 0 Å². The van der Waals surface area contributed by atoms with Crippen molar-refractivity contribution < 1.29 is 157 Å². The molecule has 34 atom stereocenters. The van der Waals surface area contributed by atoms with Gasteiger partial charge in [-0.05, 0) is 143 Å². The number of hydrogen-bond acceptors (Lipinski definition) is 31. The zero-order valence-corrected chi connectivity index (χ0v) is 59.8. The van der Waals surface area contributed by atoms with Crippen molar-refractivity contribution >= 4 is 24.0 Å². The largest absolute Gasteiger partial charge is 0.493 e. The maximum atomic E-state index is 16.3. The molecule has 32 heteroatoms. The van der Waals surface area contributed by atoms with Crippen molar-refractivity contribution in [1.82, 2.24) is 0 Å². The molecular formula is C71H106O32. The van der Waals surface area contributed by atoms with E-state index in [2.05, 4.69) is 20.8 Å². The molecule has 0 radical (unpaired) electrons. The van der Waals surface area contributed by atoms with E-state index in [1.54, 1.807) is 12.1 Å². The number of hydrogen-bond donors (Lipinski definition) is 15. The number of esters is 2. The Bertz CT molecular complexity index is 3220. The number of allylic oxidation sites excluding steroid dienone is 1. The molecule has 11 rings (SSSR count). The lowest BCUT2D eigenvalue weighted by atomic mass is 9.33. The van der Waals surface area contributed by atoms with E-state index in [9.17, 15) is 86.2 Å². The topological polar surface area (TPSA) is 484 Å². The molecule has 0 amide bonds. The number of aliphatic hydroxyl groups excluding tert-OH is 14. The molecular weight excluding hydrogens is 1360 g/mol. The molecule has 0 bridgehead atoms. The minimum Gasteiger partial charge on any atom is -0.493 e. The third-order valence-corrected chi connectivity index (χ3v) is 25.4. The van der Waals surface area contributed by atoms with Crippen molar-refractivity contribution in [3.8, 4) is 17.2 Å². The number of carbonyl (C=O) groups is 3. The molecule has 4 saturated carbocycles. The highest BCUT2D eigenvalue weighted by molar-refractivity contribution is 5.87. The number of benzene rings is 1. The number of rotatable bonds is 19. The standard InChI is InChI=1S/C71H106O32/c1-29-43(77)46(80)50(84)60(94-29)100-56-54(98-42(76)15-12-32-22-37(90-9)55(92-11)38(23-32)91-10)31(3)96-63(57(56)101-61-52(86)48(82)53(30(2)95-61)99-59-49(83)44(78)36(75)27-93-59)103-65(89)70-19-18-66(4,5)24-34(70)33-13-14-40-67(6)25-35(74)58(102-62-51(85)47(81)45(79)39(26-72)97-62)69(8,64(87)88)41(67)16-17-68(40,7)71(33,28-73)21-20-70/h12-13,15,22-23,29-31,34-36,39-41,43-54,56-63,72-75,77-86H,14,16-21,24-28H2,1-11H3,(H,87,88)/t29-,30-,31+,34-,35-,36+,39+,40+,41+,43-,44-,45+,46+,47-,48-,49+,50+,51+,52+,53-,54-,56-,57+,58-,59-,60-,61-,62-,63-,67+,68+,69-,70-,71-/m0/s1. The monoisotopic (exact) mass is 1470 g/mol. The molecule has 1 aromatic carbocycles. The molecule has 1 aromatic rings. The van der Waals surface area contributed by atoms with Gasteiger partial charge in [-0.2, -0.15) is 0 Å². The first-order chi connectivity index (χ1) is 48.5. The molecule has 103 heavy (non-hydrogen) atoms. The smallest absolute Gasteiger partial charge is 0.331 e. The number of aliphatic hydroxyl groups is 14. The minimum absolute atomic E-state index is 0.0152. The zero-order chi connectivity index (χ0) is 75.3. The fraction of sp³-hybridized carbons (Fsp3) is 0.817. The summed E-state index contributed by atoms with van der Waals surface area (Å²) in [7, 11) is 4.23. The van der Waals surface area contributed by atoms with E-state index in [0.717, 1.165) is 11.6 Å². The fourth-order valence-corrected chi connectivity index (χ4v) is 19.5. The Morgan fingerprint density at radius 1 is 0.563 bits per heavy atom. The number of methoxy groups -OCH3 is 3. The van der Waals surface area contributed by atoms with E-state index >= 15 is 4.79 Å². The molecule has 0 unspecified atom stereocenters. The van der Waals surface area contributed by atoms with Crippen LogP contribution in [0.15, 0.2) is 29.9 Å². The van der Waals surface area contributed by atoms with Gasteiger partial charge in [-0.3, -0.25) is 9.59 Å². The summed E-state index contributed by atoms with van der Waals surface area (Å²) in [5.74, 6) is -4.17. The molecule has 9 fully saturated rings. The van der Waals surface area contributed by atoms with Gasteiger partial charge in [0.15, 0.2) is 48.9 Å². The molecule has 0 aromatic heterocycles. The average molecular weight is 1470 g/mol. The Labute approximate surface area is 596 Å². The SMILES string of the molecule is COc1cc(C=CC(=O)O[C@@H]2[C@H](O[C@@H]3O[C@@H](C)[C@H](O)[C@@H](O)[C@H]3O)[C@@H](O[C@@H]3O[C@@H](C)[C@H](O[C@@H]4OC[C@@H](O)[C@H](O)[C@H]4O)[C@@H](O)[C@H]3O)[C@H](OC(=O)[C@]34CCC(C)(C)C[C@H]3C3=CC[C@@H]5[C@@]6(C)C[C@H](O)[C@H](O[C@@H]7O[C@H](CO)[C@@H](O)[C@H](O)[C@H]7O)[C@@](C)(C(=O)O)[C@@H]6CC[C@@]5(C)[C@]3(CO)CC4)O[C@@H]2C)cc(OC)c1OC. The summed E-state index contributed by atoms with van der Waals surface area (Å²) >= 11 is 0. The number of carboxylic acid groups (broad SMARTS) is 1. The van der Waals surface area contributed by atoms with E-state index in [4.69, 9.17) is 66.3 Å². The van der Waals surface area contributed by atoms with E-state index < -0.39 is 248 Å². The highest BCUT2D eigenvalue weighted by atomic mass is 16.8.